The summed E-state index contributed by atoms with van der Waals surface area (Å²) in [5.41, 5.74) is -1.11. The fourth-order valence-electron chi connectivity index (χ4n) is 4.11. The highest BCUT2D eigenvalue weighted by Crippen LogP contribution is 2.31. The molecule has 13 heteroatoms. The Hall–Kier alpha value is -2.25. The molecule has 4 rings (SSSR count). The molecule has 0 aromatic carbocycles. The van der Waals surface area contributed by atoms with E-state index in [9.17, 15) is 21.6 Å². The van der Waals surface area contributed by atoms with Gasteiger partial charge in [-0.1, -0.05) is 6.92 Å². The van der Waals surface area contributed by atoms with E-state index in [0.29, 0.717) is 5.92 Å². The molecule has 4 heterocycles. The number of likely N-dealkylation sites (tertiary alicyclic amines) is 1. The summed E-state index contributed by atoms with van der Waals surface area (Å²) in [5.74, 6) is 0.335. The molecule has 2 atom stereocenters. The molecule has 2 aliphatic rings. The van der Waals surface area contributed by atoms with Crippen LogP contribution in [0.3, 0.4) is 0 Å². The molecule has 32 heavy (non-hydrogen) atoms. The lowest BCUT2D eigenvalue weighted by atomic mass is 9.97. The van der Waals surface area contributed by atoms with Gasteiger partial charge in [-0.2, -0.15) is 17.5 Å². The number of imidazole rings is 1. The van der Waals surface area contributed by atoms with E-state index in [0.717, 1.165) is 38.3 Å². The summed E-state index contributed by atoms with van der Waals surface area (Å²) in [6.07, 6.45) is 0.226. The largest absolute Gasteiger partial charge is 0.471 e. The summed E-state index contributed by atoms with van der Waals surface area (Å²) in [5, 5.41) is -0.0759. The number of alkyl halides is 3. The molecular weight excluding hydrogens is 449 g/mol. The van der Waals surface area contributed by atoms with Crippen molar-refractivity contribution >= 4 is 10.0 Å². The van der Waals surface area contributed by atoms with Crippen molar-refractivity contribution in [2.75, 3.05) is 26.2 Å². The molecule has 0 amide bonds. The third-order valence-electron chi connectivity index (χ3n) is 5.98. The lowest BCUT2D eigenvalue weighted by Crippen LogP contribution is -2.48. The SMILES string of the molecule is CC1CCN(C2CN(S(=O)(=O)c3cn(C)cn3)CC2Oc2cc(C(F)(F)F)ncn2)CC1. The number of rotatable bonds is 5. The van der Waals surface area contributed by atoms with Crippen LogP contribution in [0.5, 0.6) is 5.88 Å². The van der Waals surface area contributed by atoms with Crippen molar-refractivity contribution in [2.24, 2.45) is 13.0 Å². The number of hydrogen-bond acceptors (Lipinski definition) is 7. The van der Waals surface area contributed by atoms with Gasteiger partial charge in [0.05, 0.1) is 18.9 Å². The minimum Gasteiger partial charge on any atom is -0.471 e. The normalized spacial score (nSPS) is 24.2. The summed E-state index contributed by atoms with van der Waals surface area (Å²) in [4.78, 5) is 13.2. The van der Waals surface area contributed by atoms with Crippen molar-refractivity contribution in [1.29, 1.82) is 0 Å². The van der Waals surface area contributed by atoms with E-state index < -0.39 is 28.0 Å². The molecular formula is C19H25F3N6O3S. The molecule has 0 N–H and O–H groups in total. The van der Waals surface area contributed by atoms with E-state index in [4.69, 9.17) is 4.74 Å². The smallest absolute Gasteiger partial charge is 0.433 e. The van der Waals surface area contributed by atoms with Crippen LogP contribution in [0.1, 0.15) is 25.5 Å². The number of aryl methyl sites for hydroxylation is 1. The summed E-state index contributed by atoms with van der Waals surface area (Å²) < 4.78 is 74.0. The molecule has 176 valence electrons. The highest BCUT2D eigenvalue weighted by atomic mass is 32.2. The van der Waals surface area contributed by atoms with Gasteiger partial charge in [-0.15, -0.1) is 0 Å². The van der Waals surface area contributed by atoms with Crippen molar-refractivity contribution < 1.29 is 26.3 Å². The third kappa shape index (κ3) is 4.74. The minimum absolute atomic E-state index is 0.0129. The predicted octanol–water partition coefficient (Wildman–Crippen LogP) is 1.78. The summed E-state index contributed by atoms with van der Waals surface area (Å²) in [6.45, 7) is 3.84. The van der Waals surface area contributed by atoms with E-state index in [1.165, 1.54) is 16.8 Å². The molecule has 0 saturated carbocycles. The van der Waals surface area contributed by atoms with Crippen LogP contribution >= 0.6 is 0 Å². The van der Waals surface area contributed by atoms with E-state index in [-0.39, 0.29) is 30.0 Å². The standard InChI is InChI=1S/C19H25F3N6O3S/c1-13-3-5-27(6-4-13)14-8-28(32(29,30)18-10-26(2)12-25-18)9-15(14)31-17-7-16(19(20,21)22)23-11-24-17/h7,10-15H,3-6,8-9H2,1-2H3. The van der Waals surface area contributed by atoms with Crippen molar-refractivity contribution in [1.82, 2.24) is 28.7 Å². The van der Waals surface area contributed by atoms with Gasteiger partial charge in [0.15, 0.2) is 10.7 Å². The molecule has 9 nitrogen and oxygen atoms in total. The summed E-state index contributed by atoms with van der Waals surface area (Å²) >= 11 is 0. The molecule has 0 aliphatic carbocycles. The molecule has 2 fully saturated rings. The van der Waals surface area contributed by atoms with Crippen LogP contribution in [-0.4, -0.2) is 75.5 Å². The highest BCUT2D eigenvalue weighted by Gasteiger charge is 2.45. The van der Waals surface area contributed by atoms with Gasteiger partial charge >= 0.3 is 6.18 Å². The van der Waals surface area contributed by atoms with Gasteiger partial charge < -0.3 is 9.30 Å². The van der Waals surface area contributed by atoms with E-state index in [1.54, 1.807) is 11.6 Å². The number of ether oxygens (including phenoxy) is 1. The van der Waals surface area contributed by atoms with Gasteiger partial charge in [0.2, 0.25) is 5.88 Å². The first-order valence-corrected chi connectivity index (χ1v) is 11.8. The Bertz CT molecular complexity index is 1050. The zero-order chi connectivity index (χ0) is 23.1. The second-order valence-corrected chi connectivity index (χ2v) is 10.3. The zero-order valence-corrected chi connectivity index (χ0v) is 18.6. The van der Waals surface area contributed by atoms with Gasteiger partial charge in [0.1, 0.15) is 12.4 Å². The molecule has 2 aliphatic heterocycles. The Morgan fingerprint density at radius 1 is 1.12 bits per heavy atom. The third-order valence-corrected chi connectivity index (χ3v) is 7.70. The Morgan fingerprint density at radius 3 is 2.47 bits per heavy atom. The lowest BCUT2D eigenvalue weighted by molar-refractivity contribution is -0.141. The number of hydrogen-bond donors (Lipinski definition) is 0. The van der Waals surface area contributed by atoms with Crippen LogP contribution < -0.4 is 4.74 Å². The average Bonchev–Trinajstić information content (AvgIpc) is 3.36. The van der Waals surface area contributed by atoms with E-state index in [1.807, 2.05) is 0 Å². The molecule has 0 spiro atoms. The van der Waals surface area contributed by atoms with Crippen LogP contribution in [0.25, 0.3) is 0 Å². The Kier molecular flexibility index (Phi) is 6.16. The van der Waals surface area contributed by atoms with Gasteiger partial charge in [0, 0.05) is 25.9 Å². The number of piperidine rings is 1. The lowest BCUT2D eigenvalue weighted by Gasteiger charge is -2.36. The van der Waals surface area contributed by atoms with Crippen LogP contribution in [0, 0.1) is 5.92 Å². The zero-order valence-electron chi connectivity index (χ0n) is 17.7. The maximum absolute atomic E-state index is 13.1. The second kappa shape index (κ2) is 8.60. The average molecular weight is 475 g/mol. The quantitative estimate of drug-likeness (QED) is 0.652. The molecule has 2 aromatic rings. The predicted molar refractivity (Wildman–Crippen MR) is 107 cm³/mol. The number of nitrogens with zero attached hydrogens (tertiary/aromatic N) is 6. The van der Waals surface area contributed by atoms with Crippen molar-refractivity contribution in [3.05, 3.63) is 30.6 Å². The van der Waals surface area contributed by atoms with Crippen LogP contribution in [0.2, 0.25) is 0 Å². The van der Waals surface area contributed by atoms with Crippen LogP contribution in [0.15, 0.2) is 29.9 Å². The number of halogens is 3. The van der Waals surface area contributed by atoms with Gasteiger partial charge in [-0.25, -0.2) is 23.4 Å². The molecule has 2 saturated heterocycles. The van der Waals surface area contributed by atoms with Crippen LogP contribution in [-0.2, 0) is 23.2 Å². The number of sulfonamides is 1. The molecule has 0 bridgehead atoms. The van der Waals surface area contributed by atoms with Crippen molar-refractivity contribution in [3.63, 3.8) is 0 Å². The first-order valence-electron chi connectivity index (χ1n) is 10.3. The number of aromatic nitrogens is 4. The molecule has 0 radical (unpaired) electrons. The molecule has 2 unspecified atom stereocenters. The Morgan fingerprint density at radius 2 is 1.84 bits per heavy atom. The summed E-state index contributed by atoms with van der Waals surface area (Å²) in [6, 6.07) is 0.427. The van der Waals surface area contributed by atoms with Crippen molar-refractivity contribution in [2.45, 2.75) is 43.1 Å². The van der Waals surface area contributed by atoms with Crippen LogP contribution in [0.4, 0.5) is 13.2 Å². The van der Waals surface area contributed by atoms with E-state index in [2.05, 4.69) is 26.8 Å². The Labute approximate surface area is 184 Å². The fourth-order valence-corrected chi connectivity index (χ4v) is 5.55. The van der Waals surface area contributed by atoms with Gasteiger partial charge in [0.25, 0.3) is 10.0 Å². The fraction of sp³-hybridized carbons (Fsp3) is 0.632. The highest BCUT2D eigenvalue weighted by molar-refractivity contribution is 7.89. The van der Waals surface area contributed by atoms with Gasteiger partial charge in [-0.3, -0.25) is 4.90 Å². The topological polar surface area (TPSA) is 93.5 Å². The molecule has 2 aromatic heterocycles. The van der Waals surface area contributed by atoms with E-state index >= 15 is 0 Å². The first kappa shape index (κ1) is 22.9. The maximum Gasteiger partial charge on any atom is 0.433 e. The minimum atomic E-state index is -4.63. The Balaban J connectivity index is 1.59. The summed E-state index contributed by atoms with van der Waals surface area (Å²) in [7, 11) is -2.20. The second-order valence-electron chi connectivity index (χ2n) is 8.38. The monoisotopic (exact) mass is 474 g/mol. The van der Waals surface area contributed by atoms with Gasteiger partial charge in [-0.05, 0) is 31.8 Å². The van der Waals surface area contributed by atoms with Crippen molar-refractivity contribution in [3.8, 4) is 5.88 Å². The maximum atomic E-state index is 13.1. The first-order chi connectivity index (χ1) is 15.0.